The summed E-state index contributed by atoms with van der Waals surface area (Å²) in [4.78, 5) is 27.5. The molecule has 0 saturated heterocycles. The van der Waals surface area contributed by atoms with Crippen LogP contribution in [0.1, 0.15) is 45.1 Å². The molecule has 0 spiro atoms. The Labute approximate surface area is 140 Å². The van der Waals surface area contributed by atoms with E-state index < -0.39 is 24.8 Å². The summed E-state index contributed by atoms with van der Waals surface area (Å²) < 4.78 is 22.4. The first-order valence-corrected chi connectivity index (χ1v) is 10.4. The highest BCUT2D eigenvalue weighted by molar-refractivity contribution is 7.63. The van der Waals surface area contributed by atoms with Gasteiger partial charge in [-0.05, 0) is 20.8 Å². The van der Waals surface area contributed by atoms with Crippen LogP contribution in [-0.4, -0.2) is 41.3 Å². The second-order valence-electron chi connectivity index (χ2n) is 5.92. The standard InChI is InChI=1S/C14H23N2O5PS/c1-6-22(19,7-2)9-20-11(17)10-8-23-12(15-10)16-13(18)21-14(3,4)5/h8H,6-7,9H2,1-5H3,(H,15,16,18). The van der Waals surface area contributed by atoms with Gasteiger partial charge in [0.15, 0.2) is 10.8 Å². The predicted octanol–water partition coefficient (Wildman–Crippen LogP) is 4.01. The zero-order chi connectivity index (χ0) is 17.7. The number of nitrogens with one attached hydrogen (secondary N) is 1. The number of carbonyl (C=O) groups is 2. The number of hydrogen-bond donors (Lipinski definition) is 1. The van der Waals surface area contributed by atoms with Gasteiger partial charge in [0.05, 0.1) is 0 Å². The molecule has 0 bridgehead atoms. The topological polar surface area (TPSA) is 94.6 Å². The molecule has 0 aliphatic carbocycles. The van der Waals surface area contributed by atoms with E-state index in [1.165, 1.54) is 5.38 Å². The average Bonchev–Trinajstić information content (AvgIpc) is 2.90. The van der Waals surface area contributed by atoms with Gasteiger partial charge >= 0.3 is 12.1 Å². The predicted molar refractivity (Wildman–Crippen MR) is 90.9 cm³/mol. The Kier molecular flexibility index (Phi) is 6.77. The molecule has 1 heterocycles. The molecule has 0 atom stereocenters. The van der Waals surface area contributed by atoms with E-state index >= 15 is 0 Å². The van der Waals surface area contributed by atoms with Crippen molar-refractivity contribution >= 4 is 35.7 Å². The van der Waals surface area contributed by atoms with Crippen LogP contribution in [0.25, 0.3) is 0 Å². The van der Waals surface area contributed by atoms with Crippen molar-refractivity contribution in [3.05, 3.63) is 11.1 Å². The van der Waals surface area contributed by atoms with Crippen LogP contribution in [0, 0.1) is 0 Å². The molecule has 0 unspecified atom stereocenters. The second kappa shape index (κ2) is 7.93. The Balaban J connectivity index is 2.60. The lowest BCUT2D eigenvalue weighted by Gasteiger charge is -2.18. The maximum Gasteiger partial charge on any atom is 0.413 e. The van der Waals surface area contributed by atoms with Crippen molar-refractivity contribution < 1.29 is 23.6 Å². The molecule has 130 valence electrons. The Morgan fingerprint density at radius 2 is 1.91 bits per heavy atom. The van der Waals surface area contributed by atoms with E-state index in [0.717, 1.165) is 11.3 Å². The van der Waals surface area contributed by atoms with E-state index in [0.29, 0.717) is 12.3 Å². The summed E-state index contributed by atoms with van der Waals surface area (Å²) >= 11 is 1.08. The Morgan fingerprint density at radius 3 is 2.43 bits per heavy atom. The summed E-state index contributed by atoms with van der Waals surface area (Å²) in [7, 11) is -2.45. The van der Waals surface area contributed by atoms with E-state index in [-0.39, 0.29) is 17.2 Å². The van der Waals surface area contributed by atoms with Crippen molar-refractivity contribution in [2.24, 2.45) is 0 Å². The van der Waals surface area contributed by atoms with Crippen LogP contribution in [0.3, 0.4) is 0 Å². The third-order valence-electron chi connectivity index (χ3n) is 2.90. The summed E-state index contributed by atoms with van der Waals surface area (Å²) in [5.41, 5.74) is -0.551. The number of esters is 1. The number of thiazole rings is 1. The number of rotatable bonds is 6. The molecular formula is C14H23N2O5PS. The maximum absolute atomic E-state index is 12.2. The van der Waals surface area contributed by atoms with Gasteiger partial charge in [0, 0.05) is 17.7 Å². The summed E-state index contributed by atoms with van der Waals surface area (Å²) in [6, 6.07) is 0. The van der Waals surface area contributed by atoms with E-state index in [9.17, 15) is 14.2 Å². The average molecular weight is 362 g/mol. The molecule has 9 heteroatoms. The largest absolute Gasteiger partial charge is 0.453 e. The molecule has 0 aliphatic rings. The van der Waals surface area contributed by atoms with Crippen molar-refractivity contribution in [2.45, 2.75) is 40.2 Å². The molecule has 0 radical (unpaired) electrons. The van der Waals surface area contributed by atoms with E-state index in [4.69, 9.17) is 9.47 Å². The van der Waals surface area contributed by atoms with Gasteiger partial charge < -0.3 is 14.0 Å². The van der Waals surface area contributed by atoms with Crippen molar-refractivity contribution in [1.82, 2.24) is 4.98 Å². The second-order valence-corrected chi connectivity index (χ2v) is 10.4. The molecule has 0 aromatic carbocycles. The molecule has 7 nitrogen and oxygen atoms in total. The molecule has 1 rings (SSSR count). The molecule has 1 aromatic rings. The van der Waals surface area contributed by atoms with Gasteiger partial charge in [0.25, 0.3) is 0 Å². The third kappa shape index (κ3) is 6.71. The van der Waals surface area contributed by atoms with Crippen LogP contribution < -0.4 is 5.32 Å². The number of carbonyl (C=O) groups excluding carboxylic acids is 2. The number of nitrogens with zero attached hydrogens (tertiary/aromatic N) is 1. The first-order chi connectivity index (χ1) is 10.6. The van der Waals surface area contributed by atoms with E-state index in [2.05, 4.69) is 10.3 Å². The zero-order valence-electron chi connectivity index (χ0n) is 14.0. The highest BCUT2D eigenvalue weighted by atomic mass is 32.1. The molecule has 1 N–H and O–H groups in total. The number of ether oxygens (including phenoxy) is 2. The quantitative estimate of drug-likeness (QED) is 0.607. The highest BCUT2D eigenvalue weighted by Gasteiger charge is 2.22. The number of amides is 1. The third-order valence-corrected chi connectivity index (χ3v) is 6.57. The van der Waals surface area contributed by atoms with Crippen LogP contribution >= 0.6 is 18.5 Å². The van der Waals surface area contributed by atoms with Crippen LogP contribution in [0.5, 0.6) is 0 Å². The summed E-state index contributed by atoms with van der Waals surface area (Å²) in [6.07, 6.45) is 0.234. The Hall–Kier alpha value is -1.40. The van der Waals surface area contributed by atoms with Crippen molar-refractivity contribution in [1.29, 1.82) is 0 Å². The monoisotopic (exact) mass is 362 g/mol. The molecule has 0 fully saturated rings. The fraction of sp³-hybridized carbons (Fsp3) is 0.643. The van der Waals surface area contributed by atoms with Gasteiger partial charge in [0.2, 0.25) is 0 Å². The van der Waals surface area contributed by atoms with Crippen LogP contribution in [0.15, 0.2) is 5.38 Å². The minimum absolute atomic E-state index is 0.0693. The molecule has 23 heavy (non-hydrogen) atoms. The number of aromatic nitrogens is 1. The van der Waals surface area contributed by atoms with Gasteiger partial charge in [-0.1, -0.05) is 13.8 Å². The highest BCUT2D eigenvalue weighted by Crippen LogP contribution is 2.44. The fourth-order valence-corrected chi connectivity index (χ4v) is 3.30. The first kappa shape index (κ1) is 19.6. The molecule has 1 aromatic heterocycles. The Morgan fingerprint density at radius 1 is 1.30 bits per heavy atom. The van der Waals surface area contributed by atoms with E-state index in [1.807, 2.05) is 13.8 Å². The van der Waals surface area contributed by atoms with Gasteiger partial charge in [-0.25, -0.2) is 14.6 Å². The smallest absolute Gasteiger partial charge is 0.413 e. The number of hydrogen-bond acceptors (Lipinski definition) is 7. The first-order valence-electron chi connectivity index (χ1n) is 7.28. The van der Waals surface area contributed by atoms with Crippen molar-refractivity contribution in [3.8, 4) is 0 Å². The maximum atomic E-state index is 12.2. The number of anilines is 1. The SMILES string of the molecule is CCP(=O)(CC)COC(=O)c1csc(NC(=O)OC(C)(C)C)n1. The summed E-state index contributed by atoms with van der Waals surface area (Å²) in [5.74, 6) is -0.652. The minimum atomic E-state index is -2.45. The van der Waals surface area contributed by atoms with Crippen molar-refractivity contribution in [3.63, 3.8) is 0 Å². The molecule has 0 aliphatic heterocycles. The fourth-order valence-electron chi connectivity index (χ4n) is 1.47. The van der Waals surface area contributed by atoms with Gasteiger partial charge in [-0.2, -0.15) is 0 Å². The van der Waals surface area contributed by atoms with Crippen LogP contribution in [-0.2, 0) is 14.0 Å². The normalized spacial score (nSPS) is 11.9. The van der Waals surface area contributed by atoms with Gasteiger partial charge in [-0.3, -0.25) is 5.32 Å². The van der Waals surface area contributed by atoms with Crippen molar-refractivity contribution in [2.75, 3.05) is 24.0 Å². The molecule has 1 amide bonds. The van der Waals surface area contributed by atoms with Gasteiger partial charge in [0.1, 0.15) is 19.1 Å². The zero-order valence-corrected chi connectivity index (χ0v) is 15.8. The summed E-state index contributed by atoms with van der Waals surface area (Å²) in [6.45, 7) is 8.86. The molecular weight excluding hydrogens is 339 g/mol. The van der Waals surface area contributed by atoms with Crippen LogP contribution in [0.4, 0.5) is 9.93 Å². The molecule has 0 saturated carbocycles. The summed E-state index contributed by atoms with van der Waals surface area (Å²) in [5, 5.41) is 4.16. The Bertz CT molecular complexity index is 601. The lowest BCUT2D eigenvalue weighted by Crippen LogP contribution is -2.27. The van der Waals surface area contributed by atoms with Crippen LogP contribution in [0.2, 0.25) is 0 Å². The van der Waals surface area contributed by atoms with E-state index in [1.54, 1.807) is 20.8 Å². The lowest BCUT2D eigenvalue weighted by molar-refractivity contribution is 0.0561. The lowest BCUT2D eigenvalue weighted by atomic mass is 10.2. The minimum Gasteiger partial charge on any atom is -0.453 e. The van der Waals surface area contributed by atoms with Gasteiger partial charge in [-0.15, -0.1) is 11.3 Å².